The number of hydrogen-bond donors (Lipinski definition) is 2. The van der Waals surface area contributed by atoms with E-state index in [-0.39, 0.29) is 22.4 Å². The molecule has 4 rings (SSSR count). The topological polar surface area (TPSA) is 75.3 Å². The molecule has 1 amide bonds. The van der Waals surface area contributed by atoms with Crippen molar-refractivity contribution in [3.63, 3.8) is 0 Å². The number of halogens is 1. The van der Waals surface area contributed by atoms with Crippen molar-refractivity contribution >= 4 is 33.2 Å². The van der Waals surface area contributed by atoms with E-state index in [1.165, 1.54) is 25.3 Å². The van der Waals surface area contributed by atoms with Gasteiger partial charge in [0.2, 0.25) is 0 Å². The summed E-state index contributed by atoms with van der Waals surface area (Å²) < 4.78 is 27.7. The van der Waals surface area contributed by atoms with Gasteiger partial charge >= 0.3 is 0 Å². The van der Waals surface area contributed by atoms with Crippen LogP contribution >= 0.6 is 11.6 Å². The van der Waals surface area contributed by atoms with E-state index in [0.717, 1.165) is 17.9 Å². The highest BCUT2D eigenvalue weighted by Gasteiger charge is 2.40. The van der Waals surface area contributed by atoms with E-state index in [9.17, 15) is 13.2 Å². The third kappa shape index (κ3) is 3.89. The fourth-order valence-corrected chi connectivity index (χ4v) is 5.61. The quantitative estimate of drug-likeness (QED) is 0.757. The number of anilines is 1. The van der Waals surface area contributed by atoms with Crippen LogP contribution in [0, 0.1) is 18.8 Å². The number of fused-ring (bicyclic) bond motifs is 2. The first kappa shape index (κ1) is 19.3. The van der Waals surface area contributed by atoms with Crippen LogP contribution < -0.4 is 10.0 Å². The second-order valence-corrected chi connectivity index (χ2v) is 9.96. The van der Waals surface area contributed by atoms with Gasteiger partial charge in [-0.2, -0.15) is 0 Å². The first-order chi connectivity index (χ1) is 13.3. The Hall–Kier alpha value is -2.05. The Morgan fingerprint density at radius 2 is 1.82 bits per heavy atom. The van der Waals surface area contributed by atoms with Crippen LogP contribution in [0.5, 0.6) is 0 Å². The smallest absolute Gasteiger partial charge is 0.261 e. The normalized spacial score (nSPS) is 23.6. The summed E-state index contributed by atoms with van der Waals surface area (Å²) in [5.41, 5.74) is 1.57. The summed E-state index contributed by atoms with van der Waals surface area (Å²) in [5.74, 6) is 1.02. The SMILES string of the molecule is Cc1ccc(S(=O)(=O)Nc2ccc(Cl)c(C(=O)N[C@H]3C[C@@H]4CC[C@@H]3C4)c2)cc1. The zero-order valence-corrected chi connectivity index (χ0v) is 17.2. The van der Waals surface area contributed by atoms with Gasteiger partial charge in [0.05, 0.1) is 15.5 Å². The van der Waals surface area contributed by atoms with Gasteiger partial charge in [0.15, 0.2) is 0 Å². The highest BCUT2D eigenvalue weighted by Crippen LogP contribution is 2.44. The molecule has 2 saturated carbocycles. The third-order valence-electron chi connectivity index (χ3n) is 5.85. The molecule has 2 aromatic rings. The van der Waals surface area contributed by atoms with Gasteiger partial charge in [-0.15, -0.1) is 0 Å². The van der Waals surface area contributed by atoms with Gasteiger partial charge < -0.3 is 5.32 Å². The fraction of sp³-hybridized carbons (Fsp3) is 0.381. The van der Waals surface area contributed by atoms with Crippen LogP contribution in [0.4, 0.5) is 5.69 Å². The summed E-state index contributed by atoms with van der Waals surface area (Å²) in [6.45, 7) is 1.89. The maximum absolute atomic E-state index is 12.8. The Kier molecular flexibility index (Phi) is 5.10. The van der Waals surface area contributed by atoms with Crippen LogP contribution in [0.25, 0.3) is 0 Å². The van der Waals surface area contributed by atoms with Gasteiger partial charge in [-0.1, -0.05) is 35.7 Å². The van der Waals surface area contributed by atoms with Crippen LogP contribution in [0.1, 0.15) is 41.6 Å². The summed E-state index contributed by atoms with van der Waals surface area (Å²) in [5, 5.41) is 3.40. The van der Waals surface area contributed by atoms with Crippen LogP contribution in [-0.2, 0) is 10.0 Å². The Morgan fingerprint density at radius 3 is 2.46 bits per heavy atom. The molecule has 0 unspecified atom stereocenters. The first-order valence-electron chi connectivity index (χ1n) is 9.52. The Bertz CT molecular complexity index is 1000. The molecular formula is C21H23ClN2O3S. The zero-order chi connectivity index (χ0) is 19.9. The van der Waals surface area contributed by atoms with Crippen molar-refractivity contribution in [2.24, 2.45) is 11.8 Å². The Labute approximate surface area is 170 Å². The average Bonchev–Trinajstić information content (AvgIpc) is 3.26. The molecule has 0 aromatic heterocycles. The first-order valence-corrected chi connectivity index (χ1v) is 11.4. The number of hydrogen-bond acceptors (Lipinski definition) is 3. The molecule has 2 bridgehead atoms. The molecule has 2 aromatic carbocycles. The van der Waals surface area contributed by atoms with Crippen molar-refractivity contribution < 1.29 is 13.2 Å². The molecule has 0 saturated heterocycles. The minimum absolute atomic E-state index is 0.168. The van der Waals surface area contributed by atoms with E-state index in [1.54, 1.807) is 36.4 Å². The van der Waals surface area contributed by atoms with E-state index >= 15 is 0 Å². The van der Waals surface area contributed by atoms with E-state index in [0.29, 0.717) is 16.6 Å². The maximum Gasteiger partial charge on any atom is 0.261 e. The largest absolute Gasteiger partial charge is 0.349 e. The summed E-state index contributed by atoms with van der Waals surface area (Å²) in [4.78, 5) is 12.9. The molecule has 5 nitrogen and oxygen atoms in total. The van der Waals surface area contributed by atoms with E-state index in [2.05, 4.69) is 10.0 Å². The van der Waals surface area contributed by atoms with Crippen molar-refractivity contribution in [3.05, 3.63) is 58.6 Å². The molecule has 2 N–H and O–H groups in total. The summed E-state index contributed by atoms with van der Waals surface area (Å²) in [6, 6.07) is 11.4. The molecule has 0 heterocycles. The maximum atomic E-state index is 12.8. The number of carbonyl (C=O) groups excluding carboxylic acids is 1. The number of nitrogens with one attached hydrogen (secondary N) is 2. The summed E-state index contributed by atoms with van der Waals surface area (Å²) in [7, 11) is -3.74. The lowest BCUT2D eigenvalue weighted by molar-refractivity contribution is 0.0923. The number of carbonyl (C=O) groups is 1. The van der Waals surface area contributed by atoms with Crippen molar-refractivity contribution in [3.8, 4) is 0 Å². The molecule has 2 aliphatic rings. The van der Waals surface area contributed by atoms with Gasteiger partial charge in [0.25, 0.3) is 15.9 Å². The average molecular weight is 419 g/mol. The number of sulfonamides is 1. The molecule has 2 fully saturated rings. The lowest BCUT2D eigenvalue weighted by Crippen LogP contribution is -2.38. The molecule has 28 heavy (non-hydrogen) atoms. The molecular weight excluding hydrogens is 396 g/mol. The van der Waals surface area contributed by atoms with Crippen LogP contribution in [0.3, 0.4) is 0 Å². The van der Waals surface area contributed by atoms with Gasteiger partial charge in [-0.05, 0) is 68.4 Å². The van der Waals surface area contributed by atoms with Crippen LogP contribution in [0.2, 0.25) is 5.02 Å². The Morgan fingerprint density at radius 1 is 1.07 bits per heavy atom. The van der Waals surface area contributed by atoms with Crippen LogP contribution in [0.15, 0.2) is 47.4 Å². The van der Waals surface area contributed by atoms with Gasteiger partial charge in [-0.25, -0.2) is 8.42 Å². The predicted octanol–water partition coefficient (Wildman–Crippen LogP) is 4.37. The van der Waals surface area contributed by atoms with Gasteiger partial charge in [0.1, 0.15) is 0 Å². The highest BCUT2D eigenvalue weighted by molar-refractivity contribution is 7.92. The monoisotopic (exact) mass is 418 g/mol. The third-order valence-corrected chi connectivity index (χ3v) is 7.58. The van der Waals surface area contributed by atoms with Gasteiger partial charge in [0, 0.05) is 11.7 Å². The minimum Gasteiger partial charge on any atom is -0.349 e. The number of aryl methyl sites for hydroxylation is 1. The van der Waals surface area contributed by atoms with E-state index in [4.69, 9.17) is 11.6 Å². The fourth-order valence-electron chi connectivity index (χ4n) is 4.36. The van der Waals surface area contributed by atoms with Crippen LogP contribution in [-0.4, -0.2) is 20.4 Å². The molecule has 3 atom stereocenters. The highest BCUT2D eigenvalue weighted by atomic mass is 35.5. The molecule has 0 radical (unpaired) electrons. The molecule has 0 spiro atoms. The van der Waals surface area contributed by atoms with E-state index in [1.807, 2.05) is 6.92 Å². The van der Waals surface area contributed by atoms with E-state index < -0.39 is 10.0 Å². The standard InChI is InChI=1S/C21H23ClN2O3S/c1-13-2-7-17(8-3-13)28(26,27)24-16-6-9-19(22)18(12-16)21(25)23-20-11-14-4-5-15(20)10-14/h2-3,6-9,12,14-15,20,24H,4-5,10-11H2,1H3,(H,23,25)/t14-,15-,20+/m1/s1. The zero-order valence-electron chi connectivity index (χ0n) is 15.6. The molecule has 7 heteroatoms. The van der Waals surface area contributed by atoms with Crippen molar-refractivity contribution in [2.45, 2.75) is 43.5 Å². The van der Waals surface area contributed by atoms with Crippen molar-refractivity contribution in [1.29, 1.82) is 0 Å². The van der Waals surface area contributed by atoms with Crippen molar-refractivity contribution in [1.82, 2.24) is 5.32 Å². The predicted molar refractivity (Wildman–Crippen MR) is 110 cm³/mol. The second kappa shape index (κ2) is 7.41. The molecule has 2 aliphatic carbocycles. The Balaban J connectivity index is 1.52. The summed E-state index contributed by atoms with van der Waals surface area (Å²) >= 11 is 6.22. The number of benzene rings is 2. The molecule has 148 valence electrons. The lowest BCUT2D eigenvalue weighted by atomic mass is 9.95. The number of rotatable bonds is 5. The minimum atomic E-state index is -3.74. The summed E-state index contributed by atoms with van der Waals surface area (Å²) in [6.07, 6.45) is 4.64. The second-order valence-electron chi connectivity index (χ2n) is 7.87. The number of amides is 1. The van der Waals surface area contributed by atoms with Gasteiger partial charge in [-0.3, -0.25) is 9.52 Å². The molecule has 0 aliphatic heterocycles. The van der Waals surface area contributed by atoms with Crippen molar-refractivity contribution in [2.75, 3.05) is 4.72 Å². The lowest BCUT2D eigenvalue weighted by Gasteiger charge is -2.23.